The van der Waals surface area contributed by atoms with Gasteiger partial charge in [-0.25, -0.2) is 0 Å². The van der Waals surface area contributed by atoms with Crippen molar-refractivity contribution in [2.24, 2.45) is 0 Å². The standard InChI is InChI=1S/C24H28N2O4/c1-29-16-15-25-23(27)22-18-11-5-7-13-20(18)30-21-14-8-6-12-19(21)24(28)26(22)17-9-3-2-4-10-17/h5-8,11-14,17,22H,2-4,9-10,15-16H2,1H3,(H,25,27). The van der Waals surface area contributed by atoms with Crippen molar-refractivity contribution in [1.29, 1.82) is 0 Å². The third-order valence-electron chi connectivity index (χ3n) is 5.89. The van der Waals surface area contributed by atoms with Crippen molar-refractivity contribution in [3.8, 4) is 11.5 Å². The molecule has 0 saturated heterocycles. The SMILES string of the molecule is COCCNC(=O)C1c2ccccc2Oc2ccccc2C(=O)N1C1CCCCC1. The van der Waals surface area contributed by atoms with Gasteiger partial charge in [-0.15, -0.1) is 0 Å². The van der Waals surface area contributed by atoms with Crippen molar-refractivity contribution >= 4 is 11.8 Å². The van der Waals surface area contributed by atoms with Crippen LogP contribution < -0.4 is 10.1 Å². The number of fused-ring (bicyclic) bond motifs is 2. The maximum absolute atomic E-state index is 13.8. The molecule has 6 heteroatoms. The lowest BCUT2D eigenvalue weighted by molar-refractivity contribution is -0.127. The number of methoxy groups -OCH3 is 1. The first-order valence-corrected chi connectivity index (χ1v) is 10.7. The zero-order valence-electron chi connectivity index (χ0n) is 17.3. The van der Waals surface area contributed by atoms with Crippen molar-refractivity contribution in [2.75, 3.05) is 20.3 Å². The molecule has 1 saturated carbocycles. The average Bonchev–Trinajstić information content (AvgIpc) is 2.78. The summed E-state index contributed by atoms with van der Waals surface area (Å²) >= 11 is 0. The first kappa shape index (κ1) is 20.4. The number of hydrogen-bond donors (Lipinski definition) is 1. The van der Waals surface area contributed by atoms with Crippen LogP contribution in [0.25, 0.3) is 0 Å². The zero-order chi connectivity index (χ0) is 20.9. The smallest absolute Gasteiger partial charge is 0.258 e. The number of hydrogen-bond acceptors (Lipinski definition) is 4. The Labute approximate surface area is 177 Å². The van der Waals surface area contributed by atoms with Gasteiger partial charge < -0.3 is 19.7 Å². The monoisotopic (exact) mass is 408 g/mol. The lowest BCUT2D eigenvalue weighted by Crippen LogP contribution is -2.50. The van der Waals surface area contributed by atoms with Crippen LogP contribution in [0.3, 0.4) is 0 Å². The van der Waals surface area contributed by atoms with Crippen LogP contribution in [0.2, 0.25) is 0 Å². The number of rotatable bonds is 5. The Kier molecular flexibility index (Phi) is 6.33. The third kappa shape index (κ3) is 4.05. The first-order valence-electron chi connectivity index (χ1n) is 10.7. The lowest BCUT2D eigenvalue weighted by atomic mass is 9.90. The van der Waals surface area contributed by atoms with E-state index >= 15 is 0 Å². The molecular weight excluding hydrogens is 380 g/mol. The van der Waals surface area contributed by atoms with Gasteiger partial charge in [0, 0.05) is 25.3 Å². The van der Waals surface area contributed by atoms with E-state index in [1.807, 2.05) is 47.4 Å². The molecule has 1 aliphatic carbocycles. The van der Waals surface area contributed by atoms with Gasteiger partial charge in [0.15, 0.2) is 0 Å². The number of amides is 2. The molecule has 2 aromatic carbocycles. The normalized spacial score (nSPS) is 19.2. The Hall–Kier alpha value is -2.86. The molecule has 0 spiro atoms. The fourth-order valence-corrected chi connectivity index (χ4v) is 4.43. The minimum atomic E-state index is -0.748. The first-order chi connectivity index (χ1) is 14.7. The zero-order valence-corrected chi connectivity index (χ0v) is 17.3. The predicted molar refractivity (Wildman–Crippen MR) is 114 cm³/mol. The van der Waals surface area contributed by atoms with Crippen LogP contribution in [0, 0.1) is 0 Å². The van der Waals surface area contributed by atoms with E-state index in [0.29, 0.717) is 35.8 Å². The highest BCUT2D eigenvalue weighted by atomic mass is 16.5. The molecule has 1 unspecified atom stereocenters. The van der Waals surface area contributed by atoms with Gasteiger partial charge in [-0.1, -0.05) is 49.6 Å². The molecule has 2 amide bonds. The Balaban J connectivity index is 1.83. The quantitative estimate of drug-likeness (QED) is 0.758. The number of para-hydroxylation sites is 2. The summed E-state index contributed by atoms with van der Waals surface area (Å²) in [6.45, 7) is 0.801. The van der Waals surface area contributed by atoms with Crippen LogP contribution in [-0.4, -0.2) is 43.0 Å². The highest BCUT2D eigenvalue weighted by molar-refractivity contribution is 6.01. The molecule has 6 nitrogen and oxygen atoms in total. The molecule has 1 atom stereocenters. The molecule has 2 aromatic rings. The number of carbonyl (C=O) groups is 2. The fourth-order valence-electron chi connectivity index (χ4n) is 4.43. The molecule has 1 heterocycles. The second-order valence-electron chi connectivity index (χ2n) is 7.83. The van der Waals surface area contributed by atoms with E-state index in [1.54, 1.807) is 13.2 Å². The number of ether oxygens (including phenoxy) is 2. The van der Waals surface area contributed by atoms with E-state index in [9.17, 15) is 9.59 Å². The molecule has 30 heavy (non-hydrogen) atoms. The number of carbonyl (C=O) groups excluding carboxylic acids is 2. The van der Waals surface area contributed by atoms with E-state index in [0.717, 1.165) is 25.7 Å². The van der Waals surface area contributed by atoms with Gasteiger partial charge in [0.2, 0.25) is 5.91 Å². The van der Waals surface area contributed by atoms with Crippen LogP contribution in [0.5, 0.6) is 11.5 Å². The van der Waals surface area contributed by atoms with Crippen LogP contribution >= 0.6 is 0 Å². The highest BCUT2D eigenvalue weighted by Crippen LogP contribution is 2.41. The summed E-state index contributed by atoms with van der Waals surface area (Å²) in [6, 6.07) is 14.1. The lowest BCUT2D eigenvalue weighted by Gasteiger charge is -2.41. The van der Waals surface area contributed by atoms with Crippen LogP contribution in [0.15, 0.2) is 48.5 Å². The second kappa shape index (κ2) is 9.30. The van der Waals surface area contributed by atoms with Crippen LogP contribution in [-0.2, 0) is 9.53 Å². The summed E-state index contributed by atoms with van der Waals surface area (Å²) in [5, 5.41) is 2.94. The molecule has 2 aliphatic rings. The van der Waals surface area contributed by atoms with Crippen molar-refractivity contribution in [3.05, 3.63) is 59.7 Å². The highest BCUT2D eigenvalue weighted by Gasteiger charge is 2.40. The molecule has 158 valence electrons. The number of benzene rings is 2. The summed E-state index contributed by atoms with van der Waals surface area (Å²) in [7, 11) is 1.60. The minimum Gasteiger partial charge on any atom is -0.456 e. The van der Waals surface area contributed by atoms with Crippen LogP contribution in [0.4, 0.5) is 0 Å². The largest absolute Gasteiger partial charge is 0.456 e. The summed E-state index contributed by atoms with van der Waals surface area (Å²) in [4.78, 5) is 29.0. The Morgan fingerprint density at radius 1 is 1.07 bits per heavy atom. The summed E-state index contributed by atoms with van der Waals surface area (Å²) in [6.07, 6.45) is 5.09. The summed E-state index contributed by atoms with van der Waals surface area (Å²) in [5.74, 6) is 0.763. The minimum absolute atomic E-state index is 0.0173. The van der Waals surface area contributed by atoms with Gasteiger partial charge in [0.1, 0.15) is 17.5 Å². The van der Waals surface area contributed by atoms with Crippen molar-refractivity contribution < 1.29 is 19.1 Å². The Morgan fingerprint density at radius 2 is 1.77 bits per heavy atom. The number of nitrogens with one attached hydrogen (secondary N) is 1. The molecule has 1 N–H and O–H groups in total. The Bertz CT molecular complexity index is 908. The predicted octanol–water partition coefficient (Wildman–Crippen LogP) is 4.07. The van der Waals surface area contributed by atoms with Gasteiger partial charge in [0.25, 0.3) is 5.91 Å². The van der Waals surface area contributed by atoms with E-state index in [2.05, 4.69) is 5.32 Å². The maximum atomic E-state index is 13.8. The van der Waals surface area contributed by atoms with Gasteiger partial charge in [0.05, 0.1) is 12.2 Å². The van der Waals surface area contributed by atoms with E-state index < -0.39 is 6.04 Å². The topological polar surface area (TPSA) is 67.9 Å². The molecule has 1 fully saturated rings. The summed E-state index contributed by atoms with van der Waals surface area (Å²) < 4.78 is 11.2. The van der Waals surface area contributed by atoms with E-state index in [4.69, 9.17) is 9.47 Å². The molecule has 0 bridgehead atoms. The van der Waals surface area contributed by atoms with Crippen molar-refractivity contribution in [2.45, 2.75) is 44.2 Å². The third-order valence-corrected chi connectivity index (χ3v) is 5.89. The van der Waals surface area contributed by atoms with E-state index in [1.165, 1.54) is 6.42 Å². The van der Waals surface area contributed by atoms with Crippen molar-refractivity contribution in [1.82, 2.24) is 10.2 Å². The van der Waals surface area contributed by atoms with Gasteiger partial charge >= 0.3 is 0 Å². The van der Waals surface area contributed by atoms with E-state index in [-0.39, 0.29) is 17.9 Å². The van der Waals surface area contributed by atoms with Crippen LogP contribution in [0.1, 0.15) is 54.1 Å². The van der Waals surface area contributed by atoms with Gasteiger partial charge in [-0.05, 0) is 31.0 Å². The van der Waals surface area contributed by atoms with Crippen molar-refractivity contribution in [3.63, 3.8) is 0 Å². The average molecular weight is 408 g/mol. The molecule has 4 rings (SSSR count). The van der Waals surface area contributed by atoms with Gasteiger partial charge in [-0.2, -0.15) is 0 Å². The molecule has 0 radical (unpaired) electrons. The maximum Gasteiger partial charge on any atom is 0.258 e. The Morgan fingerprint density at radius 3 is 2.53 bits per heavy atom. The molecule has 0 aromatic heterocycles. The second-order valence-corrected chi connectivity index (χ2v) is 7.83. The fraction of sp³-hybridized carbons (Fsp3) is 0.417. The molecule has 1 aliphatic heterocycles. The van der Waals surface area contributed by atoms with Gasteiger partial charge in [-0.3, -0.25) is 9.59 Å². The molecular formula is C24H28N2O4. The summed E-state index contributed by atoms with van der Waals surface area (Å²) in [5.41, 5.74) is 1.20. The number of nitrogens with zero attached hydrogens (tertiary/aromatic N) is 1.